The Morgan fingerprint density at radius 3 is 2.79 bits per heavy atom. The molecule has 2 saturated carbocycles. The van der Waals surface area contributed by atoms with Crippen molar-refractivity contribution in [1.29, 1.82) is 0 Å². The molecule has 7 heteroatoms. The molecule has 24 heavy (non-hydrogen) atoms. The molecule has 2 aromatic rings. The van der Waals surface area contributed by atoms with Gasteiger partial charge in [0, 0.05) is 12.1 Å². The lowest BCUT2D eigenvalue weighted by Gasteiger charge is -2.20. The Labute approximate surface area is 136 Å². The number of rotatable bonds is 3. The van der Waals surface area contributed by atoms with Crippen molar-refractivity contribution in [1.82, 2.24) is 9.97 Å². The maximum Gasteiger partial charge on any atom is 0.449 e. The number of nitrogens with one attached hydrogen (secondary N) is 2. The standard InChI is InChI=1S/C17H18F3N3O/c18-17(19,20)16-22-13-4-3-12(8-14(13)23-16)21-15(24)7-11-6-9-1-2-10(11)5-9/h3-4,8-11H,1-2,5-7H2,(H,21,24)(H,22,23)/t9-,10+,11-/m0/s1. The van der Waals surface area contributed by atoms with Gasteiger partial charge in [0.25, 0.3) is 0 Å². The van der Waals surface area contributed by atoms with Gasteiger partial charge in [-0.1, -0.05) is 6.42 Å². The van der Waals surface area contributed by atoms with E-state index in [4.69, 9.17) is 0 Å². The van der Waals surface area contributed by atoms with Gasteiger partial charge < -0.3 is 10.3 Å². The SMILES string of the molecule is O=C(C[C@@H]1C[C@H]2CC[C@@H]1C2)Nc1ccc2nc(C(F)(F)F)[nH]c2c1. The molecule has 2 aliphatic carbocycles. The van der Waals surface area contributed by atoms with Crippen molar-refractivity contribution in [2.24, 2.45) is 17.8 Å². The largest absolute Gasteiger partial charge is 0.449 e. The van der Waals surface area contributed by atoms with Gasteiger partial charge in [-0.15, -0.1) is 0 Å². The Morgan fingerprint density at radius 1 is 1.29 bits per heavy atom. The number of benzene rings is 1. The Hall–Kier alpha value is -2.05. The van der Waals surface area contributed by atoms with Crippen molar-refractivity contribution in [2.45, 2.75) is 38.3 Å². The van der Waals surface area contributed by atoms with Crippen LogP contribution in [0.3, 0.4) is 0 Å². The predicted molar refractivity (Wildman–Crippen MR) is 83.3 cm³/mol. The summed E-state index contributed by atoms with van der Waals surface area (Å²) in [5.74, 6) is 0.821. The van der Waals surface area contributed by atoms with E-state index in [2.05, 4.69) is 15.3 Å². The van der Waals surface area contributed by atoms with Crippen LogP contribution in [0.1, 0.15) is 37.9 Å². The highest BCUT2D eigenvalue weighted by Gasteiger charge is 2.40. The maximum absolute atomic E-state index is 12.7. The zero-order valence-electron chi connectivity index (χ0n) is 13.0. The molecule has 0 saturated heterocycles. The summed E-state index contributed by atoms with van der Waals surface area (Å²) in [4.78, 5) is 18.0. The van der Waals surface area contributed by atoms with Crippen LogP contribution in [0.2, 0.25) is 0 Å². The number of anilines is 1. The molecule has 1 amide bonds. The average Bonchev–Trinajstić information content (AvgIpc) is 3.19. The number of nitrogens with zero attached hydrogens (tertiary/aromatic N) is 1. The van der Waals surface area contributed by atoms with Crippen LogP contribution in [0.5, 0.6) is 0 Å². The molecule has 0 aliphatic heterocycles. The van der Waals surface area contributed by atoms with E-state index in [0.717, 1.165) is 12.3 Å². The van der Waals surface area contributed by atoms with Crippen molar-refractivity contribution in [2.75, 3.05) is 5.32 Å². The number of H-pyrrole nitrogens is 1. The number of amides is 1. The van der Waals surface area contributed by atoms with Gasteiger partial charge in [0.05, 0.1) is 11.0 Å². The lowest BCUT2D eigenvalue weighted by atomic mass is 9.86. The van der Waals surface area contributed by atoms with Crippen molar-refractivity contribution >= 4 is 22.6 Å². The van der Waals surface area contributed by atoms with Gasteiger partial charge in [0.15, 0.2) is 0 Å². The van der Waals surface area contributed by atoms with Crippen LogP contribution in [-0.4, -0.2) is 15.9 Å². The number of halogens is 3. The molecule has 2 fully saturated rings. The molecule has 4 nitrogen and oxygen atoms in total. The van der Waals surface area contributed by atoms with E-state index >= 15 is 0 Å². The normalized spacial score (nSPS) is 26.2. The number of imidazole rings is 1. The van der Waals surface area contributed by atoms with Gasteiger partial charge >= 0.3 is 6.18 Å². The molecule has 4 rings (SSSR count). The number of aromatic amines is 1. The van der Waals surface area contributed by atoms with Crippen LogP contribution in [0.25, 0.3) is 11.0 Å². The highest BCUT2D eigenvalue weighted by molar-refractivity contribution is 5.93. The first-order valence-electron chi connectivity index (χ1n) is 8.25. The first-order valence-corrected chi connectivity index (χ1v) is 8.25. The molecule has 2 N–H and O–H groups in total. The van der Waals surface area contributed by atoms with Crippen molar-refractivity contribution in [3.8, 4) is 0 Å². The molecule has 1 heterocycles. The van der Waals surface area contributed by atoms with Crippen molar-refractivity contribution in [3.63, 3.8) is 0 Å². The minimum absolute atomic E-state index is 0.0672. The predicted octanol–water partition coefficient (Wildman–Crippen LogP) is 4.35. The minimum Gasteiger partial charge on any atom is -0.334 e. The van der Waals surface area contributed by atoms with Crippen LogP contribution < -0.4 is 5.32 Å². The number of aromatic nitrogens is 2. The summed E-state index contributed by atoms with van der Waals surface area (Å²) in [5.41, 5.74) is 0.988. The number of carbonyl (C=O) groups is 1. The van der Waals surface area contributed by atoms with E-state index < -0.39 is 12.0 Å². The van der Waals surface area contributed by atoms with Crippen LogP contribution in [0, 0.1) is 17.8 Å². The molecule has 0 unspecified atom stereocenters. The molecule has 0 radical (unpaired) electrons. The second-order valence-corrected chi connectivity index (χ2v) is 7.00. The van der Waals surface area contributed by atoms with Gasteiger partial charge in [-0.25, -0.2) is 4.98 Å². The summed E-state index contributed by atoms with van der Waals surface area (Å²) in [6.07, 6.45) is 0.884. The summed E-state index contributed by atoms with van der Waals surface area (Å²) >= 11 is 0. The zero-order valence-corrected chi connectivity index (χ0v) is 13.0. The summed E-state index contributed by atoms with van der Waals surface area (Å²) in [6, 6.07) is 4.56. The van der Waals surface area contributed by atoms with Gasteiger partial charge in [0.2, 0.25) is 11.7 Å². The minimum atomic E-state index is -4.51. The second kappa shape index (κ2) is 5.50. The molecule has 3 atom stereocenters. The van der Waals surface area contributed by atoms with Crippen molar-refractivity contribution in [3.05, 3.63) is 24.0 Å². The first-order chi connectivity index (χ1) is 11.4. The van der Waals surface area contributed by atoms with Crippen LogP contribution >= 0.6 is 0 Å². The Morgan fingerprint density at radius 2 is 2.12 bits per heavy atom. The molecule has 1 aromatic carbocycles. The van der Waals surface area contributed by atoms with Crippen molar-refractivity contribution < 1.29 is 18.0 Å². The smallest absolute Gasteiger partial charge is 0.334 e. The number of hydrogen-bond acceptors (Lipinski definition) is 2. The molecule has 0 spiro atoms. The molecule has 2 bridgehead atoms. The molecular weight excluding hydrogens is 319 g/mol. The topological polar surface area (TPSA) is 57.8 Å². The number of alkyl halides is 3. The second-order valence-electron chi connectivity index (χ2n) is 7.00. The maximum atomic E-state index is 12.7. The van der Waals surface area contributed by atoms with E-state index in [1.54, 1.807) is 6.07 Å². The highest BCUT2D eigenvalue weighted by Crippen LogP contribution is 2.49. The summed E-state index contributed by atoms with van der Waals surface area (Å²) < 4.78 is 38.0. The lowest BCUT2D eigenvalue weighted by molar-refractivity contribution is -0.144. The van der Waals surface area contributed by atoms with E-state index in [1.807, 2.05) is 0 Å². The fourth-order valence-electron chi connectivity index (χ4n) is 4.30. The van der Waals surface area contributed by atoms with E-state index in [9.17, 15) is 18.0 Å². The monoisotopic (exact) mass is 337 g/mol. The number of carbonyl (C=O) groups excluding carboxylic acids is 1. The fraction of sp³-hybridized carbons (Fsp3) is 0.529. The van der Waals surface area contributed by atoms with Gasteiger partial charge in [-0.3, -0.25) is 4.79 Å². The van der Waals surface area contributed by atoms with E-state index in [1.165, 1.54) is 31.4 Å². The Bertz CT molecular complexity index is 783. The Balaban J connectivity index is 1.45. The molecule has 128 valence electrons. The zero-order chi connectivity index (χ0) is 16.9. The summed E-state index contributed by atoms with van der Waals surface area (Å²) in [7, 11) is 0. The third-order valence-electron chi connectivity index (χ3n) is 5.37. The van der Waals surface area contributed by atoms with E-state index in [-0.39, 0.29) is 16.9 Å². The van der Waals surface area contributed by atoms with Gasteiger partial charge in [-0.05, 0) is 55.2 Å². The molecule has 1 aromatic heterocycles. The quantitative estimate of drug-likeness (QED) is 0.875. The third kappa shape index (κ3) is 2.87. The summed E-state index contributed by atoms with van der Waals surface area (Å²) in [6.45, 7) is 0. The lowest BCUT2D eigenvalue weighted by Crippen LogP contribution is -2.20. The first kappa shape index (κ1) is 15.5. The van der Waals surface area contributed by atoms with Gasteiger partial charge in [-0.2, -0.15) is 13.2 Å². The van der Waals surface area contributed by atoms with Crippen LogP contribution in [0.15, 0.2) is 18.2 Å². The number of hydrogen-bond donors (Lipinski definition) is 2. The van der Waals surface area contributed by atoms with Crippen LogP contribution in [-0.2, 0) is 11.0 Å². The van der Waals surface area contributed by atoms with Crippen LogP contribution in [0.4, 0.5) is 18.9 Å². The van der Waals surface area contributed by atoms with E-state index in [0.29, 0.717) is 23.9 Å². The number of fused-ring (bicyclic) bond motifs is 3. The fourth-order valence-corrected chi connectivity index (χ4v) is 4.30. The average molecular weight is 337 g/mol. The molecule has 2 aliphatic rings. The highest BCUT2D eigenvalue weighted by atomic mass is 19.4. The third-order valence-corrected chi connectivity index (χ3v) is 5.37. The molecular formula is C17H18F3N3O. The Kier molecular flexibility index (Phi) is 3.54. The van der Waals surface area contributed by atoms with Gasteiger partial charge in [0.1, 0.15) is 0 Å². The summed E-state index contributed by atoms with van der Waals surface area (Å²) in [5, 5.41) is 2.80.